The number of carbonyl (C=O) groups is 1. The number of carbonyl (C=O) groups excluding carboxylic acids is 1. The molecule has 0 spiro atoms. The molecule has 1 amide bonds. The van der Waals surface area contributed by atoms with Gasteiger partial charge in [0.1, 0.15) is 23.6 Å². The van der Waals surface area contributed by atoms with Crippen LogP contribution in [0.25, 0.3) is 0 Å². The molecular weight excluding hydrogens is 521 g/mol. The zero-order chi connectivity index (χ0) is 28.3. The Bertz CT molecular complexity index is 1420. The maximum absolute atomic E-state index is 14.3. The van der Waals surface area contributed by atoms with Gasteiger partial charge in [-0.3, -0.25) is 9.69 Å². The highest BCUT2D eigenvalue weighted by Gasteiger charge is 2.27. The Morgan fingerprint density at radius 2 is 1.64 bits per heavy atom. The number of hydrogen-bond acceptors (Lipinski definition) is 6. The van der Waals surface area contributed by atoms with Crippen LogP contribution in [-0.4, -0.2) is 62.7 Å². The summed E-state index contributed by atoms with van der Waals surface area (Å²) in [6.07, 6.45) is 3.64. The topological polar surface area (TPSA) is 83.3 Å². The molecule has 3 aromatic rings. The van der Waals surface area contributed by atoms with E-state index in [9.17, 15) is 17.6 Å². The lowest BCUT2D eigenvalue weighted by Gasteiger charge is -2.20. The minimum atomic E-state index is -3.83. The van der Waals surface area contributed by atoms with Crippen LogP contribution in [-0.2, 0) is 29.7 Å². The van der Waals surface area contributed by atoms with Crippen molar-refractivity contribution in [1.82, 2.24) is 14.1 Å². The van der Waals surface area contributed by atoms with Crippen molar-refractivity contribution in [3.8, 4) is 5.75 Å². The van der Waals surface area contributed by atoms with Crippen LogP contribution in [0.15, 0.2) is 52.0 Å². The van der Waals surface area contributed by atoms with Gasteiger partial charge in [0.25, 0.3) is 5.91 Å². The summed E-state index contributed by atoms with van der Waals surface area (Å²) in [5, 5.41) is 0. The number of rotatable bonds is 10. The Hall–Kier alpha value is -3.21. The molecule has 0 atom stereocenters. The molecule has 0 unspecified atom stereocenters. The van der Waals surface area contributed by atoms with Crippen molar-refractivity contribution < 1.29 is 26.8 Å². The van der Waals surface area contributed by atoms with Gasteiger partial charge in [-0.15, -0.1) is 0 Å². The molecule has 1 aliphatic rings. The number of benzene rings is 2. The zero-order valence-electron chi connectivity index (χ0n) is 23.2. The third-order valence-corrected chi connectivity index (χ3v) is 9.12. The van der Waals surface area contributed by atoms with E-state index >= 15 is 0 Å². The van der Waals surface area contributed by atoms with Gasteiger partial charge < -0.3 is 14.1 Å². The van der Waals surface area contributed by atoms with Crippen LogP contribution in [0.5, 0.6) is 5.75 Å². The average molecular weight is 558 g/mol. The summed E-state index contributed by atoms with van der Waals surface area (Å²) in [7, 11) is 0.825. The molecule has 39 heavy (non-hydrogen) atoms. The molecule has 0 saturated carbocycles. The monoisotopic (exact) mass is 557 g/mol. The summed E-state index contributed by atoms with van der Waals surface area (Å²) in [5.74, 6) is 0.300. The third kappa shape index (κ3) is 6.69. The van der Waals surface area contributed by atoms with Crippen LogP contribution in [0.3, 0.4) is 0 Å². The number of amides is 1. The molecule has 4 rings (SSSR count). The van der Waals surface area contributed by atoms with Crippen molar-refractivity contribution in [1.29, 1.82) is 0 Å². The fourth-order valence-electron chi connectivity index (χ4n) is 5.14. The fraction of sp³-hybridized carbons (Fsp3) is 0.414. The van der Waals surface area contributed by atoms with E-state index in [1.807, 2.05) is 6.07 Å². The Morgan fingerprint density at radius 1 is 1.00 bits per heavy atom. The van der Waals surface area contributed by atoms with Crippen LogP contribution < -0.4 is 4.74 Å². The first-order valence-corrected chi connectivity index (χ1v) is 14.4. The van der Waals surface area contributed by atoms with E-state index in [2.05, 4.69) is 4.90 Å². The van der Waals surface area contributed by atoms with Crippen LogP contribution in [0, 0.1) is 19.7 Å². The van der Waals surface area contributed by atoms with Gasteiger partial charge >= 0.3 is 0 Å². The van der Waals surface area contributed by atoms with Gasteiger partial charge in [-0.2, -0.15) is 4.31 Å². The van der Waals surface area contributed by atoms with E-state index in [0.717, 1.165) is 31.5 Å². The van der Waals surface area contributed by atoms with Gasteiger partial charge in [-0.05, 0) is 92.4 Å². The van der Waals surface area contributed by atoms with Crippen molar-refractivity contribution in [2.75, 3.05) is 34.3 Å². The number of furan rings is 1. The van der Waals surface area contributed by atoms with Gasteiger partial charge in [0.05, 0.1) is 24.1 Å². The summed E-state index contributed by atoms with van der Waals surface area (Å²) >= 11 is 0. The van der Waals surface area contributed by atoms with E-state index in [1.165, 1.54) is 35.7 Å². The van der Waals surface area contributed by atoms with Crippen LogP contribution in [0.2, 0.25) is 0 Å². The average Bonchev–Trinajstić information content (AvgIpc) is 3.54. The highest BCUT2D eigenvalue weighted by Crippen LogP contribution is 2.29. The molecule has 0 bridgehead atoms. The highest BCUT2D eigenvalue weighted by atomic mass is 32.2. The van der Waals surface area contributed by atoms with Crippen LogP contribution in [0.1, 0.15) is 51.2 Å². The van der Waals surface area contributed by atoms with E-state index in [-0.39, 0.29) is 29.7 Å². The number of ether oxygens (including phenoxy) is 1. The van der Waals surface area contributed by atoms with Gasteiger partial charge in [0, 0.05) is 27.2 Å². The van der Waals surface area contributed by atoms with Crippen molar-refractivity contribution in [2.24, 2.45) is 0 Å². The van der Waals surface area contributed by atoms with Crippen molar-refractivity contribution in [3.05, 3.63) is 82.1 Å². The van der Waals surface area contributed by atoms with E-state index in [4.69, 9.17) is 9.15 Å². The molecule has 10 heteroatoms. The third-order valence-electron chi connectivity index (χ3n) is 7.01. The second kappa shape index (κ2) is 11.9. The van der Waals surface area contributed by atoms with Gasteiger partial charge in [-0.25, -0.2) is 12.8 Å². The molecule has 1 fully saturated rings. The molecule has 1 aromatic heterocycles. The van der Waals surface area contributed by atoms with Gasteiger partial charge in [0.2, 0.25) is 10.0 Å². The lowest BCUT2D eigenvalue weighted by Crippen LogP contribution is -2.28. The SMILES string of the molecule is COc1cc(C)c(S(=O)(=O)N(C)Cc2cc(C(=O)N(C)Cc3cc(F)cc(CN4CCCC4)c3)co2)c(C)c1. The lowest BCUT2D eigenvalue weighted by atomic mass is 10.1. The predicted octanol–water partition coefficient (Wildman–Crippen LogP) is 4.73. The first-order valence-electron chi connectivity index (χ1n) is 12.9. The second-order valence-electron chi connectivity index (χ2n) is 10.3. The minimum absolute atomic E-state index is 0.0476. The Labute approximate surface area is 230 Å². The Morgan fingerprint density at radius 3 is 2.28 bits per heavy atom. The molecule has 2 aromatic carbocycles. The maximum Gasteiger partial charge on any atom is 0.257 e. The smallest absolute Gasteiger partial charge is 0.257 e. The lowest BCUT2D eigenvalue weighted by molar-refractivity contribution is 0.0784. The van der Waals surface area contributed by atoms with E-state index in [1.54, 1.807) is 45.2 Å². The largest absolute Gasteiger partial charge is 0.497 e. The number of sulfonamides is 1. The van der Waals surface area contributed by atoms with Crippen LogP contribution >= 0.6 is 0 Å². The number of methoxy groups -OCH3 is 1. The summed E-state index contributed by atoms with van der Waals surface area (Å²) < 4.78 is 53.0. The van der Waals surface area contributed by atoms with Gasteiger partial charge in [-0.1, -0.05) is 6.07 Å². The van der Waals surface area contributed by atoms with Crippen molar-refractivity contribution >= 4 is 15.9 Å². The molecule has 8 nitrogen and oxygen atoms in total. The van der Waals surface area contributed by atoms with Crippen molar-refractivity contribution in [3.63, 3.8) is 0 Å². The summed E-state index contributed by atoms with van der Waals surface area (Å²) in [6, 6.07) is 9.84. The first-order chi connectivity index (χ1) is 18.5. The van der Waals surface area contributed by atoms with E-state index < -0.39 is 10.0 Å². The highest BCUT2D eigenvalue weighted by molar-refractivity contribution is 7.89. The number of likely N-dealkylation sites (tertiary alicyclic amines) is 1. The first kappa shape index (κ1) is 28.8. The molecule has 0 N–H and O–H groups in total. The second-order valence-corrected chi connectivity index (χ2v) is 12.2. The van der Waals surface area contributed by atoms with Gasteiger partial charge in [0.15, 0.2) is 0 Å². The molecule has 2 heterocycles. The van der Waals surface area contributed by atoms with Crippen LogP contribution in [0.4, 0.5) is 4.39 Å². The number of aryl methyl sites for hydroxylation is 2. The molecule has 0 radical (unpaired) electrons. The summed E-state index contributed by atoms with van der Waals surface area (Å²) in [4.78, 5) is 17.1. The summed E-state index contributed by atoms with van der Waals surface area (Å²) in [5.41, 5.74) is 3.06. The minimum Gasteiger partial charge on any atom is -0.497 e. The Balaban J connectivity index is 1.43. The quantitative estimate of drug-likeness (QED) is 0.358. The standard InChI is InChI=1S/C29H36FN3O5S/c1-20-10-26(37-5)11-21(2)28(20)39(35,36)32(4)18-27-15-24(19-38-27)29(34)31(3)16-22-12-23(14-25(30)13-22)17-33-8-6-7-9-33/h10-15,19H,6-9,16-18H2,1-5H3. The molecule has 0 aliphatic carbocycles. The van der Waals surface area contributed by atoms with E-state index in [0.29, 0.717) is 40.3 Å². The normalized spacial score (nSPS) is 14.2. The fourth-order valence-corrected chi connectivity index (χ4v) is 6.68. The molecule has 1 saturated heterocycles. The Kier molecular flexibility index (Phi) is 8.78. The number of hydrogen-bond donors (Lipinski definition) is 0. The zero-order valence-corrected chi connectivity index (χ0v) is 24.0. The van der Waals surface area contributed by atoms with Crippen molar-refractivity contribution in [2.45, 2.75) is 51.2 Å². The summed E-state index contributed by atoms with van der Waals surface area (Å²) in [6.45, 7) is 6.36. The maximum atomic E-state index is 14.3. The number of halogens is 1. The molecule has 1 aliphatic heterocycles. The molecular formula is C29H36FN3O5S. The number of nitrogens with zero attached hydrogens (tertiary/aromatic N) is 3. The predicted molar refractivity (Wildman–Crippen MR) is 147 cm³/mol. The molecule has 210 valence electrons.